The third-order valence-electron chi connectivity index (χ3n) is 4.47. The molecule has 11 nitrogen and oxygen atoms in total. The van der Waals surface area contributed by atoms with Crippen molar-refractivity contribution < 1.29 is 34.7 Å². The molecule has 5 N–H and O–H groups in total. The largest absolute Gasteiger partial charge is 0.394 e. The molecule has 1 aromatic carbocycles. The number of ether oxygens (including phenoxy) is 2. The van der Waals surface area contributed by atoms with Crippen LogP contribution in [-0.4, -0.2) is 85.2 Å². The molecule has 0 radical (unpaired) electrons. The van der Waals surface area contributed by atoms with Gasteiger partial charge in [0, 0.05) is 0 Å². The number of nitrogens with one attached hydrogen (secondary N) is 1. The first kappa shape index (κ1) is 21.3. The lowest BCUT2D eigenvalue weighted by atomic mass is 9.99. The van der Waals surface area contributed by atoms with Crippen molar-refractivity contribution in [1.29, 1.82) is 0 Å². The fourth-order valence-corrected chi connectivity index (χ4v) is 2.87. The summed E-state index contributed by atoms with van der Waals surface area (Å²) in [7, 11) is 0. The average Bonchev–Trinajstić information content (AvgIpc) is 3.18. The Balaban J connectivity index is 1.43. The van der Waals surface area contributed by atoms with Crippen LogP contribution >= 0.6 is 0 Å². The van der Waals surface area contributed by atoms with Crippen LogP contribution in [0.4, 0.5) is 0 Å². The van der Waals surface area contributed by atoms with E-state index >= 15 is 0 Å². The third-order valence-corrected chi connectivity index (χ3v) is 4.47. The molecule has 0 saturated carbocycles. The Morgan fingerprint density at radius 2 is 1.93 bits per heavy atom. The van der Waals surface area contributed by atoms with Gasteiger partial charge in [0.1, 0.15) is 36.7 Å². The number of aromatic nitrogens is 3. The number of amides is 1. The summed E-state index contributed by atoms with van der Waals surface area (Å²) in [5, 5.41) is 49.0. The Labute approximate surface area is 166 Å². The fourth-order valence-electron chi connectivity index (χ4n) is 2.87. The average molecular weight is 408 g/mol. The van der Waals surface area contributed by atoms with Gasteiger partial charge >= 0.3 is 0 Å². The Hall–Kier alpha value is -2.41. The van der Waals surface area contributed by atoms with Crippen LogP contribution in [0.3, 0.4) is 0 Å². The fraction of sp³-hybridized carbons (Fsp3) is 0.500. The number of benzene rings is 1. The Morgan fingerprint density at radius 3 is 2.66 bits per heavy atom. The summed E-state index contributed by atoms with van der Waals surface area (Å²) in [5.41, 5.74) is 1.63. The van der Waals surface area contributed by atoms with Gasteiger partial charge in [-0.1, -0.05) is 35.5 Å². The first-order valence-corrected chi connectivity index (χ1v) is 9.09. The van der Waals surface area contributed by atoms with Crippen LogP contribution in [0, 0.1) is 0 Å². The van der Waals surface area contributed by atoms with Crippen molar-refractivity contribution in [2.45, 2.75) is 43.8 Å². The van der Waals surface area contributed by atoms with E-state index in [1.165, 1.54) is 0 Å². The molecule has 1 aliphatic heterocycles. The molecule has 0 unspecified atom stereocenters. The molecule has 1 aromatic heterocycles. The van der Waals surface area contributed by atoms with Gasteiger partial charge in [-0.2, -0.15) is 0 Å². The summed E-state index contributed by atoms with van der Waals surface area (Å²) in [6.45, 7) is -0.343. The van der Waals surface area contributed by atoms with Gasteiger partial charge in [0.2, 0.25) is 5.91 Å². The lowest BCUT2D eigenvalue weighted by molar-refractivity contribution is -0.299. The molecule has 5 atom stereocenters. The first-order chi connectivity index (χ1) is 14.0. The second-order valence-electron chi connectivity index (χ2n) is 6.68. The smallest absolute Gasteiger partial charge is 0.246 e. The second kappa shape index (κ2) is 9.87. The molecule has 1 fully saturated rings. The van der Waals surface area contributed by atoms with Gasteiger partial charge in [-0.05, 0) is 5.56 Å². The van der Waals surface area contributed by atoms with Gasteiger partial charge in [-0.3, -0.25) is 4.79 Å². The molecule has 29 heavy (non-hydrogen) atoms. The van der Waals surface area contributed by atoms with Gasteiger partial charge in [-0.15, -0.1) is 5.10 Å². The minimum Gasteiger partial charge on any atom is -0.394 e. The summed E-state index contributed by atoms with van der Waals surface area (Å²) < 4.78 is 12.0. The van der Waals surface area contributed by atoms with E-state index < -0.39 is 49.8 Å². The molecule has 1 saturated heterocycles. The molecular formula is C18H24N4O7. The number of carbonyl (C=O) groups excluding carboxylic acids is 1. The number of hydrogen-bond donors (Lipinski definition) is 5. The van der Waals surface area contributed by atoms with Crippen LogP contribution in [0.2, 0.25) is 0 Å². The summed E-state index contributed by atoms with van der Waals surface area (Å²) in [4.78, 5) is 12.0. The van der Waals surface area contributed by atoms with E-state index in [9.17, 15) is 20.1 Å². The summed E-state index contributed by atoms with van der Waals surface area (Å²) in [6, 6.07) is 9.74. The molecule has 1 aliphatic rings. The minimum atomic E-state index is -1.56. The number of nitrogens with zero attached hydrogens (tertiary/aromatic N) is 3. The highest BCUT2D eigenvalue weighted by Gasteiger charge is 2.44. The first-order valence-electron chi connectivity index (χ1n) is 9.09. The highest BCUT2D eigenvalue weighted by Crippen LogP contribution is 2.21. The molecule has 2 aromatic rings. The molecule has 3 rings (SSSR count). The number of hydrogen-bond acceptors (Lipinski definition) is 9. The molecule has 11 heteroatoms. The van der Waals surface area contributed by atoms with Crippen molar-refractivity contribution in [3.05, 3.63) is 47.8 Å². The van der Waals surface area contributed by atoms with E-state index in [1.807, 2.05) is 30.3 Å². The summed E-state index contributed by atoms with van der Waals surface area (Å²) >= 11 is 0. The lowest BCUT2D eigenvalue weighted by Gasteiger charge is -2.39. The van der Waals surface area contributed by atoms with Crippen LogP contribution < -0.4 is 5.32 Å². The van der Waals surface area contributed by atoms with E-state index in [0.29, 0.717) is 12.2 Å². The van der Waals surface area contributed by atoms with E-state index in [-0.39, 0.29) is 6.54 Å². The molecular weight excluding hydrogens is 384 g/mol. The van der Waals surface area contributed by atoms with Crippen molar-refractivity contribution >= 4 is 5.91 Å². The van der Waals surface area contributed by atoms with Crippen LogP contribution in [0.25, 0.3) is 0 Å². The van der Waals surface area contributed by atoms with Crippen LogP contribution in [-0.2, 0) is 27.4 Å². The van der Waals surface area contributed by atoms with Crippen molar-refractivity contribution in [2.24, 2.45) is 0 Å². The zero-order valence-corrected chi connectivity index (χ0v) is 15.5. The molecule has 0 bridgehead atoms. The Bertz CT molecular complexity index is 786. The molecule has 158 valence electrons. The second-order valence-corrected chi connectivity index (χ2v) is 6.68. The van der Waals surface area contributed by atoms with Crippen LogP contribution in [0.5, 0.6) is 0 Å². The number of carbonyl (C=O) groups is 1. The maximum absolute atomic E-state index is 12.0. The standard InChI is InChI=1S/C18H24N4O7/c23-9-13-15(25)16(26)17(27)18(29-13)28-10-14(24)19-6-12-8-22(21-20-12)7-11-4-2-1-3-5-11/h1-5,8,13,15-18,23,25-27H,6-7,9-10H2,(H,19,24)/t13-,15-,16+,17-,18+/m1/s1. The van der Waals surface area contributed by atoms with Gasteiger partial charge in [0.25, 0.3) is 0 Å². The van der Waals surface area contributed by atoms with E-state index in [2.05, 4.69) is 15.6 Å². The predicted molar refractivity (Wildman–Crippen MR) is 97.1 cm³/mol. The quantitative estimate of drug-likeness (QED) is 0.325. The van der Waals surface area contributed by atoms with E-state index in [1.54, 1.807) is 10.9 Å². The highest BCUT2D eigenvalue weighted by molar-refractivity contribution is 5.77. The SMILES string of the molecule is O=C(CO[C@H]1O[C@H](CO)[C@@H](O)[C@H](O)[C@H]1O)NCc1cn(Cc2ccccc2)nn1. The van der Waals surface area contributed by atoms with Crippen LogP contribution in [0.15, 0.2) is 36.5 Å². The summed E-state index contributed by atoms with van der Waals surface area (Å²) in [5.74, 6) is -0.500. The Morgan fingerprint density at radius 1 is 1.17 bits per heavy atom. The van der Waals surface area contributed by atoms with Gasteiger partial charge in [0.15, 0.2) is 6.29 Å². The highest BCUT2D eigenvalue weighted by atomic mass is 16.7. The molecule has 1 amide bonds. The molecule has 0 aliphatic carbocycles. The third kappa shape index (κ3) is 5.56. The molecule has 0 spiro atoms. The van der Waals surface area contributed by atoms with Crippen LogP contribution in [0.1, 0.15) is 11.3 Å². The molecule has 2 heterocycles. The lowest BCUT2D eigenvalue weighted by Crippen LogP contribution is -2.59. The predicted octanol–water partition coefficient (Wildman–Crippen LogP) is -2.24. The maximum atomic E-state index is 12.0. The van der Waals surface area contributed by atoms with Crippen molar-refractivity contribution in [2.75, 3.05) is 13.2 Å². The zero-order valence-electron chi connectivity index (χ0n) is 15.5. The normalized spacial score (nSPS) is 27.0. The topological polar surface area (TPSA) is 159 Å². The number of rotatable bonds is 8. The number of aliphatic hydroxyl groups is 4. The van der Waals surface area contributed by atoms with Crippen molar-refractivity contribution in [3.8, 4) is 0 Å². The number of aliphatic hydroxyl groups excluding tert-OH is 4. The van der Waals surface area contributed by atoms with E-state index in [4.69, 9.17) is 14.6 Å². The van der Waals surface area contributed by atoms with Crippen molar-refractivity contribution in [1.82, 2.24) is 20.3 Å². The van der Waals surface area contributed by atoms with Gasteiger partial charge < -0.3 is 35.2 Å². The van der Waals surface area contributed by atoms with Gasteiger partial charge in [-0.25, -0.2) is 4.68 Å². The minimum absolute atomic E-state index is 0.131. The Kier molecular flexibility index (Phi) is 7.25. The monoisotopic (exact) mass is 408 g/mol. The summed E-state index contributed by atoms with van der Waals surface area (Å²) in [6.07, 6.45) is -5.34. The maximum Gasteiger partial charge on any atom is 0.246 e. The zero-order chi connectivity index (χ0) is 20.8. The van der Waals surface area contributed by atoms with Gasteiger partial charge in [0.05, 0.1) is 25.9 Å². The van der Waals surface area contributed by atoms with E-state index in [0.717, 1.165) is 5.56 Å². The van der Waals surface area contributed by atoms with Crippen molar-refractivity contribution in [3.63, 3.8) is 0 Å².